The van der Waals surface area contributed by atoms with Crippen molar-refractivity contribution in [2.24, 2.45) is 5.92 Å². The molecule has 18 heavy (non-hydrogen) atoms. The molecule has 0 radical (unpaired) electrons. The molecule has 0 aromatic rings. The Hall–Kier alpha value is -1.26. The Labute approximate surface area is 109 Å². The van der Waals surface area contributed by atoms with Gasteiger partial charge in [-0.2, -0.15) is 0 Å². The van der Waals surface area contributed by atoms with Crippen molar-refractivity contribution in [3.05, 3.63) is 0 Å². The van der Waals surface area contributed by atoms with Crippen LogP contribution in [0.25, 0.3) is 0 Å². The molecule has 2 atom stereocenters. The summed E-state index contributed by atoms with van der Waals surface area (Å²) >= 11 is 0. The Morgan fingerprint density at radius 2 is 1.94 bits per heavy atom. The van der Waals surface area contributed by atoms with Gasteiger partial charge in [-0.1, -0.05) is 26.2 Å². The molecule has 0 aliphatic heterocycles. The quantitative estimate of drug-likeness (QED) is 0.595. The third-order valence-electron chi connectivity index (χ3n) is 3.38. The van der Waals surface area contributed by atoms with Gasteiger partial charge < -0.3 is 15.4 Å². The first-order valence-electron chi connectivity index (χ1n) is 6.83. The van der Waals surface area contributed by atoms with Crippen molar-refractivity contribution in [2.75, 3.05) is 13.2 Å². The SMILES string of the molecule is CCOC(=O)CNC(=O)NC1CCCCCC1C. The molecule has 0 bridgehead atoms. The molecule has 2 unspecified atom stereocenters. The van der Waals surface area contributed by atoms with Crippen LogP contribution in [0.15, 0.2) is 0 Å². The summed E-state index contributed by atoms with van der Waals surface area (Å²) in [4.78, 5) is 22.7. The number of hydrogen-bond acceptors (Lipinski definition) is 3. The Morgan fingerprint density at radius 1 is 1.22 bits per heavy atom. The summed E-state index contributed by atoms with van der Waals surface area (Å²) < 4.78 is 4.74. The maximum absolute atomic E-state index is 11.6. The number of ether oxygens (including phenoxy) is 1. The van der Waals surface area contributed by atoms with Crippen LogP contribution in [0, 0.1) is 5.92 Å². The molecule has 1 aliphatic rings. The van der Waals surface area contributed by atoms with Crippen LogP contribution >= 0.6 is 0 Å². The Balaban J connectivity index is 2.27. The first kappa shape index (κ1) is 14.8. The Morgan fingerprint density at radius 3 is 2.67 bits per heavy atom. The molecule has 0 saturated heterocycles. The van der Waals surface area contributed by atoms with Crippen molar-refractivity contribution >= 4 is 12.0 Å². The predicted molar refractivity (Wildman–Crippen MR) is 69.2 cm³/mol. The highest BCUT2D eigenvalue weighted by atomic mass is 16.5. The van der Waals surface area contributed by atoms with Gasteiger partial charge in [0.15, 0.2) is 0 Å². The number of rotatable bonds is 4. The molecular formula is C13H24N2O3. The Kier molecular flexibility index (Phi) is 6.54. The summed E-state index contributed by atoms with van der Waals surface area (Å²) in [6, 6.07) is -0.0588. The minimum atomic E-state index is -0.401. The maximum Gasteiger partial charge on any atom is 0.325 e. The monoisotopic (exact) mass is 256 g/mol. The molecular weight excluding hydrogens is 232 g/mol. The van der Waals surface area contributed by atoms with Crippen LogP contribution in [-0.2, 0) is 9.53 Å². The van der Waals surface area contributed by atoms with E-state index in [1.54, 1.807) is 6.92 Å². The number of hydrogen-bond donors (Lipinski definition) is 2. The van der Waals surface area contributed by atoms with E-state index in [0.29, 0.717) is 12.5 Å². The maximum atomic E-state index is 11.6. The first-order valence-corrected chi connectivity index (χ1v) is 6.83. The summed E-state index contributed by atoms with van der Waals surface area (Å²) in [5, 5.41) is 5.48. The average molecular weight is 256 g/mol. The number of carbonyl (C=O) groups excluding carboxylic acids is 2. The highest BCUT2D eigenvalue weighted by Gasteiger charge is 2.21. The van der Waals surface area contributed by atoms with Crippen LogP contribution in [0.3, 0.4) is 0 Å². The lowest BCUT2D eigenvalue weighted by Gasteiger charge is -2.22. The van der Waals surface area contributed by atoms with Crippen molar-refractivity contribution in [2.45, 2.75) is 52.0 Å². The number of nitrogens with one attached hydrogen (secondary N) is 2. The second-order valence-electron chi connectivity index (χ2n) is 4.85. The summed E-state index contributed by atoms with van der Waals surface area (Å²) in [5.74, 6) is 0.0995. The third-order valence-corrected chi connectivity index (χ3v) is 3.38. The molecule has 0 aromatic heterocycles. The van der Waals surface area contributed by atoms with E-state index in [9.17, 15) is 9.59 Å². The van der Waals surface area contributed by atoms with Crippen LogP contribution in [0.5, 0.6) is 0 Å². The number of urea groups is 1. The van der Waals surface area contributed by atoms with E-state index < -0.39 is 5.97 Å². The normalized spacial score (nSPS) is 23.9. The largest absolute Gasteiger partial charge is 0.465 e. The topological polar surface area (TPSA) is 67.4 Å². The third kappa shape index (κ3) is 5.38. The molecule has 0 spiro atoms. The van der Waals surface area contributed by atoms with E-state index in [1.807, 2.05) is 0 Å². The minimum Gasteiger partial charge on any atom is -0.465 e. The van der Waals surface area contributed by atoms with Crippen LogP contribution in [0.1, 0.15) is 46.0 Å². The van der Waals surface area contributed by atoms with Gasteiger partial charge in [0.1, 0.15) is 6.54 Å². The highest BCUT2D eigenvalue weighted by molar-refractivity contribution is 5.80. The smallest absolute Gasteiger partial charge is 0.325 e. The van der Waals surface area contributed by atoms with Gasteiger partial charge in [0.05, 0.1) is 6.61 Å². The molecule has 1 fully saturated rings. The van der Waals surface area contributed by atoms with Gasteiger partial charge in [-0.25, -0.2) is 4.79 Å². The van der Waals surface area contributed by atoms with Gasteiger partial charge in [0, 0.05) is 6.04 Å². The van der Waals surface area contributed by atoms with Crippen molar-refractivity contribution in [1.29, 1.82) is 0 Å². The highest BCUT2D eigenvalue weighted by Crippen LogP contribution is 2.22. The lowest BCUT2D eigenvalue weighted by atomic mass is 9.97. The van der Waals surface area contributed by atoms with Gasteiger partial charge in [-0.3, -0.25) is 4.79 Å². The Bertz CT molecular complexity index is 281. The van der Waals surface area contributed by atoms with Gasteiger partial charge >= 0.3 is 12.0 Å². The molecule has 104 valence electrons. The van der Waals surface area contributed by atoms with Crippen molar-refractivity contribution in [3.8, 4) is 0 Å². The summed E-state index contributed by atoms with van der Waals surface area (Å²) in [5.41, 5.74) is 0. The molecule has 2 N–H and O–H groups in total. The molecule has 5 nitrogen and oxygen atoms in total. The fourth-order valence-electron chi connectivity index (χ4n) is 2.29. The van der Waals surface area contributed by atoms with E-state index in [0.717, 1.165) is 19.3 Å². The van der Waals surface area contributed by atoms with Gasteiger partial charge in [-0.15, -0.1) is 0 Å². The summed E-state index contributed by atoms with van der Waals surface area (Å²) in [7, 11) is 0. The molecule has 1 rings (SSSR count). The average Bonchev–Trinajstić information content (AvgIpc) is 2.53. The molecule has 5 heteroatoms. The van der Waals surface area contributed by atoms with E-state index in [1.165, 1.54) is 12.8 Å². The zero-order chi connectivity index (χ0) is 13.4. The van der Waals surface area contributed by atoms with Crippen molar-refractivity contribution in [1.82, 2.24) is 10.6 Å². The lowest BCUT2D eigenvalue weighted by Crippen LogP contribution is -2.46. The van der Waals surface area contributed by atoms with E-state index in [-0.39, 0.29) is 18.6 Å². The van der Waals surface area contributed by atoms with Gasteiger partial charge in [0.25, 0.3) is 0 Å². The predicted octanol–water partition coefficient (Wildman–Crippen LogP) is 1.82. The van der Waals surface area contributed by atoms with Gasteiger partial charge in [-0.05, 0) is 25.7 Å². The van der Waals surface area contributed by atoms with Crippen molar-refractivity contribution < 1.29 is 14.3 Å². The molecule has 0 heterocycles. The molecule has 1 aliphatic carbocycles. The number of carbonyl (C=O) groups is 2. The zero-order valence-electron chi connectivity index (χ0n) is 11.3. The van der Waals surface area contributed by atoms with Crippen LogP contribution in [0.4, 0.5) is 4.79 Å². The fraction of sp³-hybridized carbons (Fsp3) is 0.846. The second kappa shape index (κ2) is 7.95. The fourth-order valence-corrected chi connectivity index (χ4v) is 2.29. The molecule has 2 amide bonds. The summed E-state index contributed by atoms with van der Waals surface area (Å²) in [6.07, 6.45) is 5.82. The molecule has 0 aromatic carbocycles. The van der Waals surface area contributed by atoms with Crippen LogP contribution in [-0.4, -0.2) is 31.2 Å². The number of amides is 2. The van der Waals surface area contributed by atoms with Gasteiger partial charge in [0.2, 0.25) is 0 Å². The van der Waals surface area contributed by atoms with E-state index in [2.05, 4.69) is 17.6 Å². The van der Waals surface area contributed by atoms with Crippen molar-refractivity contribution in [3.63, 3.8) is 0 Å². The zero-order valence-corrected chi connectivity index (χ0v) is 11.3. The summed E-state index contributed by atoms with van der Waals surface area (Å²) in [6.45, 7) is 4.18. The minimum absolute atomic E-state index is 0.0687. The van der Waals surface area contributed by atoms with Crippen LogP contribution < -0.4 is 10.6 Å². The van der Waals surface area contributed by atoms with Crippen LogP contribution in [0.2, 0.25) is 0 Å². The lowest BCUT2D eigenvalue weighted by molar-refractivity contribution is -0.141. The number of esters is 1. The second-order valence-corrected chi connectivity index (χ2v) is 4.85. The molecule has 1 saturated carbocycles. The van der Waals surface area contributed by atoms with E-state index in [4.69, 9.17) is 4.74 Å². The standard InChI is InChI=1S/C13H24N2O3/c1-3-18-12(16)9-14-13(17)15-11-8-6-4-5-7-10(11)2/h10-11H,3-9H2,1-2H3,(H2,14,15,17). The van der Waals surface area contributed by atoms with E-state index >= 15 is 0 Å². The first-order chi connectivity index (χ1) is 8.63.